The van der Waals surface area contributed by atoms with E-state index in [1.54, 1.807) is 17.0 Å². The molecule has 0 bridgehead atoms. The molecule has 17 heavy (non-hydrogen) atoms. The summed E-state index contributed by atoms with van der Waals surface area (Å²) in [6.07, 6.45) is 8.22. The number of hydrogen-bond donors (Lipinski definition) is 2. The number of anilines is 1. The van der Waals surface area contributed by atoms with Crippen molar-refractivity contribution in [2.75, 3.05) is 11.9 Å². The van der Waals surface area contributed by atoms with E-state index in [0.29, 0.717) is 18.4 Å². The number of hydrogen-bond acceptors (Lipinski definition) is 4. The van der Waals surface area contributed by atoms with Gasteiger partial charge < -0.3 is 15.0 Å². The first kappa shape index (κ1) is 10.8. The van der Waals surface area contributed by atoms with Crippen LogP contribution in [0.3, 0.4) is 0 Å². The molecule has 0 radical (unpaired) electrons. The lowest BCUT2D eigenvalue weighted by Gasteiger charge is -2.36. The van der Waals surface area contributed by atoms with Crippen LogP contribution in [0.1, 0.15) is 38.1 Å². The van der Waals surface area contributed by atoms with Gasteiger partial charge in [-0.25, -0.2) is 4.98 Å². The Bertz CT molecular complexity index is 475. The fourth-order valence-electron chi connectivity index (χ4n) is 2.20. The van der Waals surface area contributed by atoms with Crippen LogP contribution in [0.25, 0.3) is 0 Å². The van der Waals surface area contributed by atoms with Gasteiger partial charge in [0.2, 0.25) is 0 Å². The average molecular weight is 235 g/mol. The van der Waals surface area contributed by atoms with Crippen LogP contribution >= 0.6 is 0 Å². The summed E-state index contributed by atoms with van der Waals surface area (Å²) in [5, 5.41) is 12.9. The molecule has 2 fully saturated rings. The van der Waals surface area contributed by atoms with Crippen molar-refractivity contribution in [3.8, 4) is 0 Å². The smallest absolute Gasteiger partial charge is 0.293 e. The van der Waals surface area contributed by atoms with Gasteiger partial charge in [-0.15, -0.1) is 0 Å². The first-order valence-electron chi connectivity index (χ1n) is 6.21. The zero-order chi connectivity index (χ0) is 11.9. The monoisotopic (exact) mass is 235 g/mol. The minimum Gasteiger partial charge on any atom is -0.388 e. The maximum atomic E-state index is 12.0. The Kier molecular flexibility index (Phi) is 2.43. The molecule has 0 saturated heterocycles. The van der Waals surface area contributed by atoms with E-state index in [1.165, 1.54) is 0 Å². The number of aromatic nitrogens is 2. The zero-order valence-corrected chi connectivity index (χ0v) is 9.72. The van der Waals surface area contributed by atoms with Gasteiger partial charge in [0, 0.05) is 25.0 Å². The van der Waals surface area contributed by atoms with Crippen molar-refractivity contribution < 1.29 is 5.11 Å². The van der Waals surface area contributed by atoms with Gasteiger partial charge in [0.05, 0.1) is 5.60 Å². The van der Waals surface area contributed by atoms with Crippen molar-refractivity contribution >= 4 is 5.82 Å². The molecule has 3 rings (SSSR count). The summed E-state index contributed by atoms with van der Waals surface area (Å²) in [4.78, 5) is 16.1. The van der Waals surface area contributed by atoms with Crippen molar-refractivity contribution in [1.29, 1.82) is 0 Å². The molecule has 2 saturated carbocycles. The molecule has 1 aromatic heterocycles. The van der Waals surface area contributed by atoms with Gasteiger partial charge in [-0.2, -0.15) is 0 Å². The first-order chi connectivity index (χ1) is 8.18. The molecule has 0 aromatic carbocycles. The van der Waals surface area contributed by atoms with Crippen molar-refractivity contribution in [3.05, 3.63) is 22.7 Å². The van der Waals surface area contributed by atoms with Crippen molar-refractivity contribution in [2.45, 2.75) is 43.7 Å². The SMILES string of the molecule is O=c1c(NCC2(O)CCC2)nccn1C1CC1. The molecule has 0 aliphatic heterocycles. The second kappa shape index (κ2) is 3.84. The van der Waals surface area contributed by atoms with Gasteiger partial charge in [-0.3, -0.25) is 4.79 Å². The van der Waals surface area contributed by atoms with E-state index in [-0.39, 0.29) is 5.56 Å². The molecule has 0 amide bonds. The van der Waals surface area contributed by atoms with Gasteiger partial charge in [-0.05, 0) is 32.1 Å². The standard InChI is InChI=1S/C12H17N3O2/c16-11-10(14-8-12(17)4-1-5-12)13-6-7-15(11)9-2-3-9/h6-7,9,17H,1-5,8H2,(H,13,14). The predicted molar refractivity (Wildman–Crippen MR) is 64.1 cm³/mol. The molecule has 2 aliphatic rings. The van der Waals surface area contributed by atoms with E-state index in [9.17, 15) is 9.90 Å². The van der Waals surface area contributed by atoms with Crippen molar-refractivity contribution in [1.82, 2.24) is 9.55 Å². The summed E-state index contributed by atoms with van der Waals surface area (Å²) in [5.74, 6) is 0.361. The lowest BCUT2D eigenvalue weighted by molar-refractivity contribution is -0.0202. The maximum absolute atomic E-state index is 12.0. The van der Waals surface area contributed by atoms with E-state index in [2.05, 4.69) is 10.3 Å². The summed E-state index contributed by atoms with van der Waals surface area (Å²) in [5.41, 5.74) is -0.702. The predicted octanol–water partition coefficient (Wildman–Crippen LogP) is 0.905. The summed E-state index contributed by atoms with van der Waals surface area (Å²) in [6, 6.07) is 0.359. The molecule has 2 N–H and O–H groups in total. The summed E-state index contributed by atoms with van der Waals surface area (Å²) >= 11 is 0. The van der Waals surface area contributed by atoms with E-state index in [1.807, 2.05) is 0 Å². The van der Waals surface area contributed by atoms with Crippen LogP contribution in [-0.4, -0.2) is 26.8 Å². The third-order valence-electron chi connectivity index (χ3n) is 3.68. The fraction of sp³-hybridized carbons (Fsp3) is 0.667. The molecule has 5 nitrogen and oxygen atoms in total. The largest absolute Gasteiger partial charge is 0.388 e. The summed E-state index contributed by atoms with van der Waals surface area (Å²) in [7, 11) is 0. The number of nitrogens with one attached hydrogen (secondary N) is 1. The number of rotatable bonds is 4. The second-order valence-corrected chi connectivity index (χ2v) is 5.15. The van der Waals surface area contributed by atoms with Crippen LogP contribution < -0.4 is 10.9 Å². The van der Waals surface area contributed by atoms with Gasteiger partial charge in [0.15, 0.2) is 5.82 Å². The van der Waals surface area contributed by atoms with Crippen LogP contribution in [0.4, 0.5) is 5.82 Å². The molecule has 2 aliphatic carbocycles. The molecule has 92 valence electrons. The maximum Gasteiger partial charge on any atom is 0.293 e. The second-order valence-electron chi connectivity index (χ2n) is 5.15. The van der Waals surface area contributed by atoms with Crippen molar-refractivity contribution in [2.24, 2.45) is 0 Å². The van der Waals surface area contributed by atoms with Gasteiger partial charge in [-0.1, -0.05) is 0 Å². The fourth-order valence-corrected chi connectivity index (χ4v) is 2.20. The van der Waals surface area contributed by atoms with E-state index < -0.39 is 5.60 Å². The Labute approximate surface area is 99.5 Å². The highest BCUT2D eigenvalue weighted by Crippen LogP contribution is 2.33. The minimum atomic E-state index is -0.631. The Hall–Kier alpha value is -1.36. The molecule has 5 heteroatoms. The molecule has 0 spiro atoms. The topological polar surface area (TPSA) is 67.2 Å². The Balaban J connectivity index is 1.74. The normalized spacial score (nSPS) is 21.9. The minimum absolute atomic E-state index is 0.0714. The summed E-state index contributed by atoms with van der Waals surface area (Å²) in [6.45, 7) is 0.421. The highest BCUT2D eigenvalue weighted by Gasteiger charge is 2.34. The quantitative estimate of drug-likeness (QED) is 0.814. The lowest BCUT2D eigenvalue weighted by atomic mass is 9.80. The van der Waals surface area contributed by atoms with E-state index in [4.69, 9.17) is 0 Å². The molecule has 1 aromatic rings. The third kappa shape index (κ3) is 2.07. The Morgan fingerprint density at radius 3 is 2.88 bits per heavy atom. The van der Waals surface area contributed by atoms with Crippen LogP contribution in [0.15, 0.2) is 17.2 Å². The lowest BCUT2D eigenvalue weighted by Crippen LogP contribution is -2.44. The number of nitrogens with zero attached hydrogens (tertiary/aromatic N) is 2. The molecular weight excluding hydrogens is 218 g/mol. The molecule has 1 heterocycles. The highest BCUT2D eigenvalue weighted by molar-refractivity contribution is 5.32. The molecular formula is C12H17N3O2. The third-order valence-corrected chi connectivity index (χ3v) is 3.68. The van der Waals surface area contributed by atoms with E-state index in [0.717, 1.165) is 32.1 Å². The Morgan fingerprint density at radius 2 is 2.29 bits per heavy atom. The zero-order valence-electron chi connectivity index (χ0n) is 9.72. The van der Waals surface area contributed by atoms with Crippen LogP contribution in [0.5, 0.6) is 0 Å². The summed E-state index contributed by atoms with van der Waals surface area (Å²) < 4.78 is 1.74. The highest BCUT2D eigenvalue weighted by atomic mass is 16.3. The van der Waals surface area contributed by atoms with Gasteiger partial charge >= 0.3 is 0 Å². The number of aliphatic hydroxyl groups is 1. The van der Waals surface area contributed by atoms with Crippen LogP contribution in [-0.2, 0) is 0 Å². The van der Waals surface area contributed by atoms with Gasteiger partial charge in [0.25, 0.3) is 5.56 Å². The van der Waals surface area contributed by atoms with E-state index >= 15 is 0 Å². The average Bonchev–Trinajstić information content (AvgIpc) is 3.09. The van der Waals surface area contributed by atoms with Crippen LogP contribution in [0, 0.1) is 0 Å². The van der Waals surface area contributed by atoms with Crippen LogP contribution in [0.2, 0.25) is 0 Å². The van der Waals surface area contributed by atoms with Gasteiger partial charge in [0.1, 0.15) is 0 Å². The Morgan fingerprint density at radius 1 is 1.53 bits per heavy atom. The molecule has 0 atom stereocenters. The van der Waals surface area contributed by atoms with Crippen molar-refractivity contribution in [3.63, 3.8) is 0 Å². The molecule has 0 unspecified atom stereocenters. The first-order valence-corrected chi connectivity index (χ1v) is 6.21.